The van der Waals surface area contributed by atoms with Gasteiger partial charge >= 0.3 is 6.18 Å². The van der Waals surface area contributed by atoms with Crippen LogP contribution in [-0.2, 0) is 6.18 Å². The van der Waals surface area contributed by atoms with Gasteiger partial charge in [-0.15, -0.1) is 0 Å². The van der Waals surface area contributed by atoms with Crippen LogP contribution in [0.25, 0.3) is 11.1 Å². The topological polar surface area (TPSA) is 23.8 Å². The third-order valence-electron chi connectivity index (χ3n) is 2.57. The summed E-state index contributed by atoms with van der Waals surface area (Å²) in [5.74, 6) is 0. The van der Waals surface area contributed by atoms with E-state index in [0.29, 0.717) is 16.7 Å². The molecule has 4 heteroatoms. The van der Waals surface area contributed by atoms with Crippen molar-refractivity contribution in [1.82, 2.24) is 0 Å². The molecule has 0 aromatic heterocycles. The molecule has 0 fully saturated rings. The van der Waals surface area contributed by atoms with Crippen molar-refractivity contribution in [3.63, 3.8) is 0 Å². The normalized spacial score (nSPS) is 11.0. The largest absolute Gasteiger partial charge is 0.416 e. The van der Waals surface area contributed by atoms with E-state index in [4.69, 9.17) is 5.26 Å². The fraction of sp³-hybridized carbons (Fsp3) is 0.0714. The Morgan fingerprint density at radius 2 is 1.50 bits per heavy atom. The molecule has 0 unspecified atom stereocenters. The van der Waals surface area contributed by atoms with Crippen molar-refractivity contribution in [2.75, 3.05) is 0 Å². The summed E-state index contributed by atoms with van der Waals surface area (Å²) in [7, 11) is 0. The maximum absolute atomic E-state index is 12.4. The minimum absolute atomic E-state index is 0.442. The predicted molar refractivity (Wildman–Crippen MR) is 61.6 cm³/mol. The van der Waals surface area contributed by atoms with Gasteiger partial charge in [-0.05, 0) is 29.3 Å². The van der Waals surface area contributed by atoms with Crippen molar-refractivity contribution < 1.29 is 13.2 Å². The summed E-state index contributed by atoms with van der Waals surface area (Å²) in [5, 5.41) is 8.93. The minimum atomic E-state index is -4.34. The maximum Gasteiger partial charge on any atom is 0.416 e. The Balaban J connectivity index is 2.45. The second kappa shape index (κ2) is 4.53. The van der Waals surface area contributed by atoms with Gasteiger partial charge in [0, 0.05) is 0 Å². The summed E-state index contributed by atoms with van der Waals surface area (Å²) < 4.78 is 37.2. The number of rotatable bonds is 1. The van der Waals surface area contributed by atoms with Crippen LogP contribution < -0.4 is 0 Å². The molecule has 1 nitrogen and oxygen atoms in total. The summed E-state index contributed by atoms with van der Waals surface area (Å²) in [4.78, 5) is 0. The van der Waals surface area contributed by atoms with Crippen molar-refractivity contribution >= 4 is 0 Å². The van der Waals surface area contributed by atoms with Crippen molar-refractivity contribution in [2.45, 2.75) is 6.18 Å². The van der Waals surface area contributed by atoms with Crippen LogP contribution in [0.1, 0.15) is 11.1 Å². The number of halogens is 3. The Morgan fingerprint density at radius 1 is 0.889 bits per heavy atom. The Hall–Kier alpha value is -2.28. The van der Waals surface area contributed by atoms with Crippen molar-refractivity contribution in [3.05, 3.63) is 59.7 Å². The maximum atomic E-state index is 12.4. The Bertz CT molecular complexity index is 592. The molecular formula is C14H8F3N. The van der Waals surface area contributed by atoms with E-state index in [0.717, 1.165) is 12.1 Å². The molecule has 0 aliphatic carbocycles. The highest BCUT2D eigenvalue weighted by Gasteiger charge is 2.29. The van der Waals surface area contributed by atoms with E-state index in [1.54, 1.807) is 24.3 Å². The van der Waals surface area contributed by atoms with Crippen LogP contribution in [0, 0.1) is 11.3 Å². The zero-order valence-electron chi connectivity index (χ0n) is 9.20. The fourth-order valence-corrected chi connectivity index (χ4v) is 1.67. The van der Waals surface area contributed by atoms with E-state index in [9.17, 15) is 13.2 Å². The van der Waals surface area contributed by atoms with E-state index in [2.05, 4.69) is 0 Å². The standard InChI is InChI=1S/C14H8F3N/c15-14(16,17)12-7-5-10(6-8-12)13-4-2-1-3-11(13)9-18/h1-8H. The van der Waals surface area contributed by atoms with Crippen molar-refractivity contribution in [1.29, 1.82) is 5.26 Å². The van der Waals surface area contributed by atoms with Crippen LogP contribution in [0.2, 0.25) is 0 Å². The van der Waals surface area contributed by atoms with Gasteiger partial charge in [0.05, 0.1) is 17.2 Å². The zero-order valence-corrected chi connectivity index (χ0v) is 9.20. The van der Waals surface area contributed by atoms with Crippen molar-refractivity contribution in [2.24, 2.45) is 0 Å². The molecule has 0 bridgehead atoms. The molecular weight excluding hydrogens is 239 g/mol. The molecule has 0 atom stereocenters. The third-order valence-corrected chi connectivity index (χ3v) is 2.57. The minimum Gasteiger partial charge on any atom is -0.192 e. The van der Waals surface area contributed by atoms with E-state index in [-0.39, 0.29) is 0 Å². The van der Waals surface area contributed by atoms with Crippen LogP contribution >= 0.6 is 0 Å². The molecule has 0 saturated carbocycles. The highest BCUT2D eigenvalue weighted by molar-refractivity contribution is 5.70. The first kappa shape index (κ1) is 12.2. The molecule has 0 saturated heterocycles. The van der Waals surface area contributed by atoms with Crippen LogP contribution in [-0.4, -0.2) is 0 Å². The second-order valence-electron chi connectivity index (χ2n) is 3.73. The van der Waals surface area contributed by atoms with Gasteiger partial charge in [-0.2, -0.15) is 18.4 Å². The SMILES string of the molecule is N#Cc1ccccc1-c1ccc(C(F)(F)F)cc1. The number of alkyl halides is 3. The van der Waals surface area contributed by atoms with Gasteiger partial charge < -0.3 is 0 Å². The molecule has 2 aromatic rings. The average Bonchev–Trinajstić information content (AvgIpc) is 2.38. The van der Waals surface area contributed by atoms with Gasteiger partial charge in [-0.25, -0.2) is 0 Å². The first-order chi connectivity index (χ1) is 8.52. The molecule has 0 N–H and O–H groups in total. The van der Waals surface area contributed by atoms with Gasteiger partial charge in [-0.1, -0.05) is 30.3 Å². The first-order valence-corrected chi connectivity index (χ1v) is 5.19. The molecule has 0 aliphatic rings. The van der Waals surface area contributed by atoms with Crippen LogP contribution in [0.3, 0.4) is 0 Å². The van der Waals surface area contributed by atoms with Crippen LogP contribution in [0.5, 0.6) is 0 Å². The molecule has 2 rings (SSSR count). The van der Waals surface area contributed by atoms with Gasteiger partial charge in [0.1, 0.15) is 0 Å². The first-order valence-electron chi connectivity index (χ1n) is 5.19. The fourth-order valence-electron chi connectivity index (χ4n) is 1.67. The highest BCUT2D eigenvalue weighted by atomic mass is 19.4. The summed E-state index contributed by atoms with van der Waals surface area (Å²) in [6.45, 7) is 0. The number of nitriles is 1. The lowest BCUT2D eigenvalue weighted by molar-refractivity contribution is -0.137. The summed E-state index contributed by atoms with van der Waals surface area (Å²) in [6.07, 6.45) is -4.34. The molecule has 90 valence electrons. The zero-order chi connectivity index (χ0) is 13.2. The van der Waals surface area contributed by atoms with Gasteiger partial charge in [0.25, 0.3) is 0 Å². The monoisotopic (exact) mass is 247 g/mol. The molecule has 0 radical (unpaired) electrons. The van der Waals surface area contributed by atoms with Crippen molar-refractivity contribution in [3.8, 4) is 17.2 Å². The number of nitrogens with zero attached hydrogens (tertiary/aromatic N) is 1. The van der Waals surface area contributed by atoms with Crippen LogP contribution in [0.15, 0.2) is 48.5 Å². The lowest BCUT2D eigenvalue weighted by atomic mass is 9.99. The van der Waals surface area contributed by atoms with Gasteiger partial charge in [0.15, 0.2) is 0 Å². The molecule has 0 spiro atoms. The predicted octanol–water partition coefficient (Wildman–Crippen LogP) is 4.24. The summed E-state index contributed by atoms with van der Waals surface area (Å²) >= 11 is 0. The molecule has 0 heterocycles. The summed E-state index contributed by atoms with van der Waals surface area (Å²) in [5.41, 5.74) is 0.979. The van der Waals surface area contributed by atoms with E-state index >= 15 is 0 Å². The van der Waals surface area contributed by atoms with E-state index in [1.807, 2.05) is 6.07 Å². The third kappa shape index (κ3) is 2.35. The summed E-state index contributed by atoms with van der Waals surface area (Å²) in [6, 6.07) is 13.6. The Labute approximate surface area is 102 Å². The molecule has 0 aliphatic heterocycles. The van der Waals surface area contributed by atoms with Gasteiger partial charge in [0.2, 0.25) is 0 Å². The van der Waals surface area contributed by atoms with Crippen LogP contribution in [0.4, 0.5) is 13.2 Å². The number of benzene rings is 2. The quantitative estimate of drug-likeness (QED) is 0.739. The highest BCUT2D eigenvalue weighted by Crippen LogP contribution is 2.31. The Kier molecular flexibility index (Phi) is 3.07. The average molecular weight is 247 g/mol. The molecule has 0 amide bonds. The van der Waals surface area contributed by atoms with E-state index < -0.39 is 11.7 Å². The molecule has 2 aromatic carbocycles. The lowest BCUT2D eigenvalue weighted by Crippen LogP contribution is -2.04. The smallest absolute Gasteiger partial charge is 0.192 e. The molecule has 18 heavy (non-hydrogen) atoms. The Morgan fingerprint density at radius 3 is 2.06 bits per heavy atom. The number of hydrogen-bond donors (Lipinski definition) is 0. The second-order valence-corrected chi connectivity index (χ2v) is 3.73. The van der Waals surface area contributed by atoms with Gasteiger partial charge in [-0.3, -0.25) is 0 Å². The van der Waals surface area contributed by atoms with E-state index in [1.165, 1.54) is 12.1 Å². The number of hydrogen-bond acceptors (Lipinski definition) is 1. The lowest BCUT2D eigenvalue weighted by Gasteiger charge is -2.08.